The second kappa shape index (κ2) is 4.82. The molecule has 2 aromatic carbocycles. The summed E-state index contributed by atoms with van der Waals surface area (Å²) < 4.78 is 0. The highest BCUT2D eigenvalue weighted by atomic mass is 16.1. The second-order valence-corrected chi connectivity index (χ2v) is 5.00. The smallest absolute Gasteiger partial charge is 0.179 e. The molecule has 0 unspecified atom stereocenters. The van der Waals surface area contributed by atoms with Gasteiger partial charge in [-0.2, -0.15) is 5.26 Å². The SMILES string of the molecule is CC(=O)c1ccccc1-c1cccc2c1CN(C#N)C2. The highest BCUT2D eigenvalue weighted by Crippen LogP contribution is 2.34. The number of hydrogen-bond acceptors (Lipinski definition) is 3. The summed E-state index contributed by atoms with van der Waals surface area (Å²) in [4.78, 5) is 13.5. The lowest BCUT2D eigenvalue weighted by Gasteiger charge is -2.11. The molecule has 0 saturated carbocycles. The molecule has 0 saturated heterocycles. The zero-order valence-corrected chi connectivity index (χ0v) is 11.3. The monoisotopic (exact) mass is 262 g/mol. The highest BCUT2D eigenvalue weighted by Gasteiger charge is 2.22. The number of ketones is 1. The lowest BCUT2D eigenvalue weighted by atomic mass is 9.92. The Labute approximate surface area is 118 Å². The minimum atomic E-state index is 0.0633. The van der Waals surface area contributed by atoms with Crippen molar-refractivity contribution in [3.05, 3.63) is 59.2 Å². The fourth-order valence-corrected chi connectivity index (χ4v) is 2.77. The van der Waals surface area contributed by atoms with Crippen LogP contribution in [-0.2, 0) is 13.1 Å². The molecule has 3 rings (SSSR count). The van der Waals surface area contributed by atoms with Gasteiger partial charge in [-0.1, -0.05) is 42.5 Å². The molecule has 0 aliphatic carbocycles. The Bertz CT molecular complexity index is 728. The normalized spacial score (nSPS) is 12.9. The van der Waals surface area contributed by atoms with Crippen molar-refractivity contribution < 1.29 is 4.79 Å². The number of nitriles is 1. The minimum absolute atomic E-state index is 0.0633. The maximum Gasteiger partial charge on any atom is 0.179 e. The van der Waals surface area contributed by atoms with Crippen molar-refractivity contribution in [1.29, 1.82) is 5.26 Å². The van der Waals surface area contributed by atoms with Gasteiger partial charge in [0.05, 0.1) is 13.1 Å². The standard InChI is InChI=1S/C17H14N2O/c1-12(20)14-6-2-3-7-15(14)16-8-4-5-13-9-19(11-18)10-17(13)16/h2-8H,9-10H2,1H3. The lowest BCUT2D eigenvalue weighted by Crippen LogP contribution is -2.07. The molecule has 0 radical (unpaired) electrons. The van der Waals surface area contributed by atoms with E-state index in [0.29, 0.717) is 13.1 Å². The second-order valence-electron chi connectivity index (χ2n) is 5.00. The Morgan fingerprint density at radius 3 is 2.60 bits per heavy atom. The van der Waals surface area contributed by atoms with Crippen LogP contribution in [0.1, 0.15) is 28.4 Å². The van der Waals surface area contributed by atoms with Gasteiger partial charge in [-0.05, 0) is 29.2 Å². The van der Waals surface area contributed by atoms with Crippen molar-refractivity contribution in [3.63, 3.8) is 0 Å². The van der Waals surface area contributed by atoms with E-state index in [1.54, 1.807) is 11.8 Å². The summed E-state index contributed by atoms with van der Waals surface area (Å²) in [5.41, 5.74) is 5.07. The molecule has 3 nitrogen and oxygen atoms in total. The van der Waals surface area contributed by atoms with Crippen LogP contribution in [0.5, 0.6) is 0 Å². The van der Waals surface area contributed by atoms with Crippen LogP contribution >= 0.6 is 0 Å². The summed E-state index contributed by atoms with van der Waals surface area (Å²) in [6.07, 6.45) is 2.19. The topological polar surface area (TPSA) is 44.1 Å². The highest BCUT2D eigenvalue weighted by molar-refractivity contribution is 6.01. The number of benzene rings is 2. The van der Waals surface area contributed by atoms with Crippen LogP contribution in [0.2, 0.25) is 0 Å². The molecule has 1 aliphatic rings. The van der Waals surface area contributed by atoms with Gasteiger partial charge >= 0.3 is 0 Å². The number of Topliss-reactive ketones (excluding diaryl/α,β-unsaturated/α-hetero) is 1. The molecule has 1 aliphatic heterocycles. The predicted octanol–water partition coefficient (Wildman–Crippen LogP) is 3.35. The van der Waals surface area contributed by atoms with Crippen LogP contribution in [0.15, 0.2) is 42.5 Å². The Morgan fingerprint density at radius 2 is 1.85 bits per heavy atom. The zero-order valence-electron chi connectivity index (χ0n) is 11.3. The number of hydrogen-bond donors (Lipinski definition) is 0. The molecule has 98 valence electrons. The fraction of sp³-hybridized carbons (Fsp3) is 0.176. The van der Waals surface area contributed by atoms with Gasteiger partial charge in [0, 0.05) is 5.56 Å². The number of carbonyl (C=O) groups excluding carboxylic acids is 1. The van der Waals surface area contributed by atoms with Crippen LogP contribution < -0.4 is 0 Å². The summed E-state index contributed by atoms with van der Waals surface area (Å²) in [7, 11) is 0. The van der Waals surface area contributed by atoms with Crippen molar-refractivity contribution in [1.82, 2.24) is 4.90 Å². The van der Waals surface area contributed by atoms with E-state index in [9.17, 15) is 4.79 Å². The average molecular weight is 262 g/mol. The summed E-state index contributed by atoms with van der Waals surface area (Å²) in [5.74, 6) is 0.0633. The van der Waals surface area contributed by atoms with Gasteiger partial charge in [0.1, 0.15) is 0 Å². The van der Waals surface area contributed by atoms with Gasteiger partial charge in [0.2, 0.25) is 0 Å². The van der Waals surface area contributed by atoms with Crippen molar-refractivity contribution in [2.75, 3.05) is 0 Å². The molecule has 0 fully saturated rings. The molecule has 0 N–H and O–H groups in total. The molecule has 3 heteroatoms. The van der Waals surface area contributed by atoms with E-state index in [1.807, 2.05) is 42.5 Å². The van der Waals surface area contributed by atoms with Crippen molar-refractivity contribution in [3.8, 4) is 17.3 Å². The number of carbonyl (C=O) groups is 1. The quantitative estimate of drug-likeness (QED) is 0.615. The van der Waals surface area contributed by atoms with Crippen LogP contribution in [0.4, 0.5) is 0 Å². The number of fused-ring (bicyclic) bond motifs is 1. The third-order valence-corrected chi connectivity index (χ3v) is 3.72. The first-order valence-electron chi connectivity index (χ1n) is 6.56. The molecule has 0 aromatic heterocycles. The van der Waals surface area contributed by atoms with E-state index in [4.69, 9.17) is 5.26 Å². The summed E-state index contributed by atoms with van der Waals surface area (Å²) in [5, 5.41) is 9.06. The van der Waals surface area contributed by atoms with Crippen LogP contribution in [0.3, 0.4) is 0 Å². The van der Waals surface area contributed by atoms with Gasteiger partial charge in [0.25, 0.3) is 0 Å². The minimum Gasteiger partial charge on any atom is -0.302 e. The average Bonchev–Trinajstić information content (AvgIpc) is 2.90. The van der Waals surface area contributed by atoms with Gasteiger partial charge in [-0.15, -0.1) is 0 Å². The fourth-order valence-electron chi connectivity index (χ4n) is 2.77. The molecule has 2 aromatic rings. The van der Waals surface area contributed by atoms with E-state index in [1.165, 1.54) is 5.56 Å². The molecule has 0 spiro atoms. The molecule has 20 heavy (non-hydrogen) atoms. The van der Waals surface area contributed by atoms with Gasteiger partial charge in [-0.3, -0.25) is 4.79 Å². The molecular formula is C17H14N2O. The third-order valence-electron chi connectivity index (χ3n) is 3.72. The van der Waals surface area contributed by atoms with Gasteiger partial charge in [0.15, 0.2) is 12.0 Å². The molecule has 0 bridgehead atoms. The third kappa shape index (κ3) is 1.96. The van der Waals surface area contributed by atoms with Crippen LogP contribution in [-0.4, -0.2) is 10.7 Å². The van der Waals surface area contributed by atoms with Gasteiger partial charge < -0.3 is 4.90 Å². The van der Waals surface area contributed by atoms with E-state index in [2.05, 4.69) is 6.19 Å². The molecular weight excluding hydrogens is 248 g/mol. The van der Waals surface area contributed by atoms with Crippen LogP contribution in [0, 0.1) is 11.5 Å². The number of rotatable bonds is 2. The predicted molar refractivity (Wildman–Crippen MR) is 76.7 cm³/mol. The van der Waals surface area contributed by atoms with Crippen molar-refractivity contribution in [2.45, 2.75) is 20.0 Å². The van der Waals surface area contributed by atoms with Crippen LogP contribution in [0.25, 0.3) is 11.1 Å². The van der Waals surface area contributed by atoms with Crippen molar-refractivity contribution >= 4 is 5.78 Å². The van der Waals surface area contributed by atoms with E-state index < -0.39 is 0 Å². The molecule has 0 atom stereocenters. The molecule has 0 amide bonds. The summed E-state index contributed by atoms with van der Waals surface area (Å²) in [6, 6.07) is 13.7. The Kier molecular flexibility index (Phi) is 3.00. The summed E-state index contributed by atoms with van der Waals surface area (Å²) in [6.45, 7) is 2.86. The Morgan fingerprint density at radius 1 is 1.10 bits per heavy atom. The first-order valence-corrected chi connectivity index (χ1v) is 6.56. The Hall–Kier alpha value is -2.60. The maximum atomic E-state index is 11.8. The van der Waals surface area contributed by atoms with E-state index >= 15 is 0 Å². The first-order chi connectivity index (χ1) is 9.70. The maximum absolute atomic E-state index is 11.8. The largest absolute Gasteiger partial charge is 0.302 e. The number of nitrogens with zero attached hydrogens (tertiary/aromatic N) is 2. The lowest BCUT2D eigenvalue weighted by molar-refractivity contribution is 0.101. The van der Waals surface area contributed by atoms with Crippen molar-refractivity contribution in [2.24, 2.45) is 0 Å². The van der Waals surface area contributed by atoms with E-state index in [-0.39, 0.29) is 5.78 Å². The summed E-state index contributed by atoms with van der Waals surface area (Å²) >= 11 is 0. The van der Waals surface area contributed by atoms with E-state index in [0.717, 1.165) is 22.3 Å². The zero-order chi connectivity index (χ0) is 14.1. The first kappa shape index (κ1) is 12.4. The molecule has 1 heterocycles. The van der Waals surface area contributed by atoms with Gasteiger partial charge in [-0.25, -0.2) is 0 Å². The Balaban J connectivity index is 2.17.